The van der Waals surface area contributed by atoms with Crippen LogP contribution in [0.5, 0.6) is 5.75 Å². The van der Waals surface area contributed by atoms with Gasteiger partial charge in [-0.2, -0.15) is 5.10 Å². The van der Waals surface area contributed by atoms with Gasteiger partial charge in [0.25, 0.3) is 0 Å². The zero-order valence-electron chi connectivity index (χ0n) is 11.2. The molecule has 0 amide bonds. The third-order valence-electron chi connectivity index (χ3n) is 2.97. The molecule has 1 N–H and O–H groups in total. The number of hydrogen-bond acceptors (Lipinski definition) is 3. The van der Waals surface area contributed by atoms with Gasteiger partial charge < -0.3 is 9.84 Å². The summed E-state index contributed by atoms with van der Waals surface area (Å²) in [6.45, 7) is 3.91. The lowest BCUT2D eigenvalue weighted by molar-refractivity contribution is 0.280. The van der Waals surface area contributed by atoms with E-state index < -0.39 is 0 Å². The molecule has 0 aliphatic heterocycles. The van der Waals surface area contributed by atoms with E-state index in [0.29, 0.717) is 16.5 Å². The van der Waals surface area contributed by atoms with Crippen LogP contribution in [0.3, 0.4) is 0 Å². The Morgan fingerprint density at radius 2 is 2.05 bits per heavy atom. The molecule has 102 valence electrons. The van der Waals surface area contributed by atoms with Crippen molar-refractivity contribution in [2.75, 3.05) is 7.11 Å². The Balaban J connectivity index is 2.63. The third kappa shape index (κ3) is 2.46. The monoisotopic (exact) mass is 280 g/mol. The van der Waals surface area contributed by atoms with Crippen molar-refractivity contribution in [3.05, 3.63) is 40.7 Å². The summed E-state index contributed by atoms with van der Waals surface area (Å²) in [6.07, 6.45) is 0. The van der Waals surface area contributed by atoms with Crippen LogP contribution in [-0.2, 0) is 6.61 Å². The molecular formula is C14H17ClN2O2. The predicted octanol–water partition coefficient (Wildman–Crippen LogP) is 3.15. The average Bonchev–Trinajstić information content (AvgIpc) is 2.75. The topological polar surface area (TPSA) is 47.3 Å². The van der Waals surface area contributed by atoms with E-state index in [1.165, 1.54) is 0 Å². The highest BCUT2D eigenvalue weighted by Crippen LogP contribution is 2.31. The second-order valence-electron chi connectivity index (χ2n) is 4.55. The van der Waals surface area contributed by atoms with Gasteiger partial charge in [-0.05, 0) is 18.1 Å². The van der Waals surface area contributed by atoms with E-state index in [2.05, 4.69) is 5.10 Å². The van der Waals surface area contributed by atoms with Gasteiger partial charge in [0.05, 0.1) is 19.4 Å². The first-order valence-corrected chi connectivity index (χ1v) is 6.49. The molecule has 2 aromatic rings. The quantitative estimate of drug-likeness (QED) is 0.936. The molecule has 0 bridgehead atoms. The van der Waals surface area contributed by atoms with Crippen LogP contribution in [0.4, 0.5) is 0 Å². The summed E-state index contributed by atoms with van der Waals surface area (Å²) < 4.78 is 6.93. The molecule has 4 nitrogen and oxygen atoms in total. The van der Waals surface area contributed by atoms with Gasteiger partial charge in [0.15, 0.2) is 0 Å². The summed E-state index contributed by atoms with van der Waals surface area (Å²) in [4.78, 5) is 0. The largest absolute Gasteiger partial charge is 0.494 e. The number of methoxy groups -OCH3 is 1. The number of aromatic nitrogens is 2. The molecule has 1 heterocycles. The number of hydrogen-bond donors (Lipinski definition) is 1. The van der Waals surface area contributed by atoms with Crippen LogP contribution in [0.1, 0.15) is 31.0 Å². The molecule has 0 aliphatic carbocycles. The minimum Gasteiger partial charge on any atom is -0.494 e. The highest BCUT2D eigenvalue weighted by molar-refractivity contribution is 6.30. The van der Waals surface area contributed by atoms with Crippen molar-refractivity contribution in [3.63, 3.8) is 0 Å². The highest BCUT2D eigenvalue weighted by Gasteiger charge is 2.20. The van der Waals surface area contributed by atoms with E-state index in [4.69, 9.17) is 16.3 Å². The van der Waals surface area contributed by atoms with Crippen LogP contribution in [0.2, 0.25) is 5.15 Å². The molecule has 0 atom stereocenters. The Morgan fingerprint density at radius 3 is 2.58 bits per heavy atom. The van der Waals surface area contributed by atoms with Crippen molar-refractivity contribution in [1.29, 1.82) is 0 Å². The van der Waals surface area contributed by atoms with Gasteiger partial charge in [-0.3, -0.25) is 0 Å². The molecule has 5 heteroatoms. The van der Waals surface area contributed by atoms with E-state index in [1.807, 2.05) is 38.1 Å². The van der Waals surface area contributed by atoms with Gasteiger partial charge in [-0.15, -0.1) is 0 Å². The number of aliphatic hydroxyl groups excluding tert-OH is 1. The fraction of sp³-hybridized carbons (Fsp3) is 0.357. The van der Waals surface area contributed by atoms with E-state index in [0.717, 1.165) is 11.4 Å². The zero-order valence-corrected chi connectivity index (χ0v) is 12.0. The normalized spacial score (nSPS) is 11.1. The molecule has 0 radical (unpaired) electrons. The Kier molecular flexibility index (Phi) is 4.12. The van der Waals surface area contributed by atoms with Crippen molar-refractivity contribution in [3.8, 4) is 11.4 Å². The molecule has 19 heavy (non-hydrogen) atoms. The molecule has 0 unspecified atom stereocenters. The van der Waals surface area contributed by atoms with E-state index in [9.17, 15) is 5.11 Å². The van der Waals surface area contributed by atoms with Crippen LogP contribution < -0.4 is 4.74 Å². The van der Waals surface area contributed by atoms with Crippen molar-refractivity contribution in [1.82, 2.24) is 9.78 Å². The summed E-state index contributed by atoms with van der Waals surface area (Å²) in [5.74, 6) is 0.877. The summed E-state index contributed by atoms with van der Waals surface area (Å²) in [7, 11) is 1.60. The van der Waals surface area contributed by atoms with Gasteiger partial charge in [0.1, 0.15) is 16.6 Å². The summed E-state index contributed by atoms with van der Waals surface area (Å²) in [5, 5.41) is 14.4. The SMILES string of the molecule is COc1ccccc1-n1nc(C(C)C)c(CO)c1Cl. The number of halogens is 1. The third-order valence-corrected chi connectivity index (χ3v) is 3.36. The fourth-order valence-corrected chi connectivity index (χ4v) is 2.31. The maximum absolute atomic E-state index is 9.47. The van der Waals surface area contributed by atoms with Gasteiger partial charge in [0.2, 0.25) is 0 Å². The smallest absolute Gasteiger partial charge is 0.144 e. The number of benzene rings is 1. The first-order valence-electron chi connectivity index (χ1n) is 6.11. The molecule has 0 saturated carbocycles. The van der Waals surface area contributed by atoms with Gasteiger partial charge >= 0.3 is 0 Å². The molecule has 0 spiro atoms. The standard InChI is InChI=1S/C14H17ClN2O2/c1-9(2)13-10(8-18)14(15)17(16-13)11-6-4-5-7-12(11)19-3/h4-7,9,18H,8H2,1-3H3. The summed E-state index contributed by atoms with van der Waals surface area (Å²) in [6, 6.07) is 7.50. The second-order valence-corrected chi connectivity index (χ2v) is 4.91. The lowest BCUT2D eigenvalue weighted by Crippen LogP contribution is -2.01. The molecule has 0 saturated heterocycles. The summed E-state index contributed by atoms with van der Waals surface area (Å²) >= 11 is 6.32. The lowest BCUT2D eigenvalue weighted by atomic mass is 10.1. The Bertz CT molecular complexity index is 579. The first kappa shape index (κ1) is 13.9. The maximum atomic E-state index is 9.47. The second kappa shape index (κ2) is 5.63. The van der Waals surface area contributed by atoms with Crippen LogP contribution >= 0.6 is 11.6 Å². The van der Waals surface area contributed by atoms with E-state index >= 15 is 0 Å². The Hall–Kier alpha value is -1.52. The van der Waals surface area contributed by atoms with Crippen LogP contribution in [-0.4, -0.2) is 22.0 Å². The highest BCUT2D eigenvalue weighted by atomic mass is 35.5. The lowest BCUT2D eigenvalue weighted by Gasteiger charge is -2.08. The van der Waals surface area contributed by atoms with Gasteiger partial charge in [-0.1, -0.05) is 37.6 Å². The number of ether oxygens (including phenoxy) is 1. The number of para-hydroxylation sites is 2. The Morgan fingerprint density at radius 1 is 1.37 bits per heavy atom. The van der Waals surface area contributed by atoms with Gasteiger partial charge in [0, 0.05) is 5.56 Å². The molecule has 1 aromatic carbocycles. The van der Waals surface area contributed by atoms with E-state index in [-0.39, 0.29) is 12.5 Å². The van der Waals surface area contributed by atoms with Crippen molar-refractivity contribution in [2.24, 2.45) is 0 Å². The first-order chi connectivity index (χ1) is 9.10. The molecule has 0 fully saturated rings. The van der Waals surface area contributed by atoms with Gasteiger partial charge in [-0.25, -0.2) is 4.68 Å². The molecule has 0 aliphatic rings. The number of nitrogens with zero attached hydrogens (tertiary/aromatic N) is 2. The molecular weight excluding hydrogens is 264 g/mol. The summed E-state index contributed by atoms with van der Waals surface area (Å²) in [5.41, 5.74) is 2.23. The maximum Gasteiger partial charge on any atom is 0.144 e. The zero-order chi connectivity index (χ0) is 14.0. The van der Waals surface area contributed by atoms with Crippen LogP contribution in [0.15, 0.2) is 24.3 Å². The van der Waals surface area contributed by atoms with Crippen LogP contribution in [0.25, 0.3) is 5.69 Å². The van der Waals surface area contributed by atoms with Crippen LogP contribution in [0, 0.1) is 0 Å². The number of aliphatic hydroxyl groups is 1. The minimum absolute atomic E-state index is 0.124. The molecule has 1 aromatic heterocycles. The fourth-order valence-electron chi connectivity index (χ4n) is 2.02. The Labute approximate surface area is 117 Å². The van der Waals surface area contributed by atoms with Crippen molar-refractivity contribution >= 4 is 11.6 Å². The van der Waals surface area contributed by atoms with E-state index in [1.54, 1.807) is 11.8 Å². The number of rotatable bonds is 4. The van der Waals surface area contributed by atoms with Crippen molar-refractivity contribution < 1.29 is 9.84 Å². The minimum atomic E-state index is -0.124. The predicted molar refractivity (Wildman–Crippen MR) is 75.1 cm³/mol. The average molecular weight is 281 g/mol. The van der Waals surface area contributed by atoms with Crippen molar-refractivity contribution in [2.45, 2.75) is 26.4 Å². The molecule has 2 rings (SSSR count).